The van der Waals surface area contributed by atoms with Gasteiger partial charge in [-0.1, -0.05) is 0 Å². The second kappa shape index (κ2) is 5.74. The van der Waals surface area contributed by atoms with Crippen LogP contribution in [0.25, 0.3) is 0 Å². The van der Waals surface area contributed by atoms with E-state index >= 15 is 0 Å². The number of rotatable bonds is 5. The predicted octanol–water partition coefficient (Wildman–Crippen LogP) is -1.06. The van der Waals surface area contributed by atoms with Crippen LogP contribution >= 0.6 is 0 Å². The molecule has 1 fully saturated rings. The molecule has 0 saturated carbocycles. The number of amides is 1. The summed E-state index contributed by atoms with van der Waals surface area (Å²) in [6, 6.07) is 0. The van der Waals surface area contributed by atoms with Gasteiger partial charge in [-0.15, -0.1) is 0 Å². The van der Waals surface area contributed by atoms with Crippen LogP contribution in [0.2, 0.25) is 0 Å². The van der Waals surface area contributed by atoms with Crippen molar-refractivity contribution >= 4 is 15.9 Å². The molecule has 19 heavy (non-hydrogen) atoms. The summed E-state index contributed by atoms with van der Waals surface area (Å²) in [6.45, 7) is 4.51. The summed E-state index contributed by atoms with van der Waals surface area (Å²) in [5, 5.41) is 2.71. The zero-order valence-corrected chi connectivity index (χ0v) is 12.5. The minimum absolute atomic E-state index is 0.179. The van der Waals surface area contributed by atoms with E-state index in [1.807, 2.05) is 0 Å². The monoisotopic (exact) mass is 293 g/mol. The van der Waals surface area contributed by atoms with Gasteiger partial charge in [-0.3, -0.25) is 4.79 Å². The van der Waals surface area contributed by atoms with E-state index in [2.05, 4.69) is 10.0 Å². The van der Waals surface area contributed by atoms with Crippen LogP contribution in [0.4, 0.5) is 0 Å². The van der Waals surface area contributed by atoms with Crippen LogP contribution < -0.4 is 15.8 Å². The van der Waals surface area contributed by atoms with Crippen LogP contribution in [-0.2, 0) is 19.6 Å². The van der Waals surface area contributed by atoms with E-state index in [1.165, 1.54) is 0 Å². The number of carbonyl (C=O) groups is 1. The molecule has 4 N–H and O–H groups in total. The highest BCUT2D eigenvalue weighted by molar-refractivity contribution is 7.88. The summed E-state index contributed by atoms with van der Waals surface area (Å²) in [5.74, 6) is -0.265. The number of nitrogens with one attached hydrogen (secondary N) is 2. The van der Waals surface area contributed by atoms with Crippen molar-refractivity contribution in [3.05, 3.63) is 0 Å². The first-order valence-electron chi connectivity index (χ1n) is 6.18. The third-order valence-corrected chi connectivity index (χ3v) is 3.91. The lowest BCUT2D eigenvalue weighted by molar-refractivity contribution is -0.130. The van der Waals surface area contributed by atoms with Gasteiger partial charge in [0, 0.05) is 25.3 Å². The first kappa shape index (κ1) is 16.4. The molecule has 1 rings (SSSR count). The Hall–Kier alpha value is -0.700. The lowest BCUT2D eigenvalue weighted by Gasteiger charge is -2.33. The maximum Gasteiger partial charge on any atom is 0.240 e. The maximum atomic E-state index is 12.1. The minimum Gasteiger partial charge on any atom is -0.381 e. The van der Waals surface area contributed by atoms with Crippen LogP contribution in [0.3, 0.4) is 0 Å². The van der Waals surface area contributed by atoms with E-state index in [9.17, 15) is 13.2 Å². The summed E-state index contributed by atoms with van der Waals surface area (Å²) in [5.41, 5.74) is 4.35. The zero-order chi connectivity index (χ0) is 14.7. The first-order chi connectivity index (χ1) is 8.54. The standard InChI is InChI=1S/C11H23N3O4S/c1-10(2,14-19(3,16)17)8-13-9(15)11(12)4-6-18-7-5-11/h14H,4-8,12H2,1-3H3,(H,13,15). The lowest BCUT2D eigenvalue weighted by atomic mass is 9.90. The fraction of sp³-hybridized carbons (Fsp3) is 0.909. The average molecular weight is 293 g/mol. The van der Waals surface area contributed by atoms with Gasteiger partial charge in [0.15, 0.2) is 0 Å². The molecular formula is C11H23N3O4S. The van der Waals surface area contributed by atoms with Gasteiger partial charge in [0.25, 0.3) is 0 Å². The normalized spacial score (nSPS) is 20.0. The van der Waals surface area contributed by atoms with E-state index in [1.54, 1.807) is 13.8 Å². The van der Waals surface area contributed by atoms with E-state index < -0.39 is 21.1 Å². The summed E-state index contributed by atoms with van der Waals surface area (Å²) < 4.78 is 30.0. The van der Waals surface area contributed by atoms with Gasteiger partial charge in [0.05, 0.1) is 11.8 Å². The van der Waals surface area contributed by atoms with E-state index in [0.29, 0.717) is 26.1 Å². The van der Waals surface area contributed by atoms with Gasteiger partial charge < -0.3 is 15.8 Å². The molecule has 0 aromatic rings. The average Bonchev–Trinajstić information content (AvgIpc) is 2.23. The molecule has 1 aliphatic rings. The van der Waals surface area contributed by atoms with Crippen molar-refractivity contribution in [2.24, 2.45) is 5.73 Å². The molecule has 1 saturated heterocycles. The Kier molecular flexibility index (Phi) is 4.94. The predicted molar refractivity (Wildman–Crippen MR) is 72.0 cm³/mol. The van der Waals surface area contributed by atoms with Crippen LogP contribution in [-0.4, -0.2) is 51.4 Å². The molecule has 1 amide bonds. The summed E-state index contributed by atoms with van der Waals surface area (Å²) in [7, 11) is -3.32. The Labute approximate surface area is 114 Å². The molecule has 0 radical (unpaired) electrons. The Balaban J connectivity index is 2.53. The second-order valence-electron chi connectivity index (χ2n) is 5.71. The number of hydrogen-bond acceptors (Lipinski definition) is 5. The maximum absolute atomic E-state index is 12.1. The molecule has 0 bridgehead atoms. The first-order valence-corrected chi connectivity index (χ1v) is 8.07. The summed E-state index contributed by atoms with van der Waals surface area (Å²) >= 11 is 0. The largest absolute Gasteiger partial charge is 0.381 e. The topological polar surface area (TPSA) is 111 Å². The Morgan fingerprint density at radius 3 is 2.37 bits per heavy atom. The Morgan fingerprint density at radius 2 is 1.89 bits per heavy atom. The Bertz CT molecular complexity index is 427. The van der Waals surface area contributed by atoms with Crippen LogP contribution in [0.5, 0.6) is 0 Å². The molecule has 7 nitrogen and oxygen atoms in total. The van der Waals surface area contributed by atoms with Crippen molar-refractivity contribution in [3.8, 4) is 0 Å². The fourth-order valence-electron chi connectivity index (χ4n) is 1.98. The van der Waals surface area contributed by atoms with Crippen LogP contribution in [0.1, 0.15) is 26.7 Å². The molecule has 0 atom stereocenters. The number of sulfonamides is 1. The molecule has 1 heterocycles. The van der Waals surface area contributed by atoms with Gasteiger partial charge in [-0.25, -0.2) is 13.1 Å². The quantitative estimate of drug-likeness (QED) is 0.598. The van der Waals surface area contributed by atoms with E-state index in [-0.39, 0.29) is 12.5 Å². The fourth-order valence-corrected chi connectivity index (χ4v) is 3.05. The lowest BCUT2D eigenvalue weighted by Crippen LogP contribution is -2.60. The summed E-state index contributed by atoms with van der Waals surface area (Å²) in [6.07, 6.45) is 2.02. The minimum atomic E-state index is -3.32. The van der Waals surface area contributed by atoms with E-state index in [4.69, 9.17) is 10.5 Å². The van der Waals surface area contributed by atoms with Crippen LogP contribution in [0, 0.1) is 0 Å². The van der Waals surface area contributed by atoms with Gasteiger partial charge >= 0.3 is 0 Å². The van der Waals surface area contributed by atoms with Crippen molar-refractivity contribution in [2.45, 2.75) is 37.8 Å². The molecule has 8 heteroatoms. The third-order valence-electron chi connectivity index (χ3n) is 2.99. The SMILES string of the molecule is CC(C)(CNC(=O)C1(N)CCOCC1)NS(C)(=O)=O. The van der Waals surface area contributed by atoms with Gasteiger partial charge in [0.1, 0.15) is 0 Å². The molecule has 0 aromatic carbocycles. The number of carbonyl (C=O) groups excluding carboxylic acids is 1. The second-order valence-corrected chi connectivity index (χ2v) is 7.46. The molecule has 0 unspecified atom stereocenters. The van der Waals surface area contributed by atoms with Crippen molar-refractivity contribution in [2.75, 3.05) is 26.0 Å². The number of ether oxygens (including phenoxy) is 1. The van der Waals surface area contributed by atoms with Crippen molar-refractivity contribution in [1.82, 2.24) is 10.0 Å². The highest BCUT2D eigenvalue weighted by Gasteiger charge is 2.36. The Morgan fingerprint density at radius 1 is 1.37 bits per heavy atom. The van der Waals surface area contributed by atoms with Gasteiger partial charge in [0.2, 0.25) is 15.9 Å². The number of hydrogen-bond donors (Lipinski definition) is 3. The smallest absolute Gasteiger partial charge is 0.240 e. The molecular weight excluding hydrogens is 270 g/mol. The van der Waals surface area contributed by atoms with Crippen molar-refractivity contribution in [1.29, 1.82) is 0 Å². The summed E-state index contributed by atoms with van der Waals surface area (Å²) in [4.78, 5) is 12.1. The molecule has 0 spiro atoms. The third kappa shape index (κ3) is 5.43. The van der Waals surface area contributed by atoms with Crippen molar-refractivity contribution < 1.29 is 17.9 Å². The molecule has 112 valence electrons. The van der Waals surface area contributed by atoms with Crippen LogP contribution in [0.15, 0.2) is 0 Å². The number of nitrogens with two attached hydrogens (primary N) is 1. The van der Waals surface area contributed by atoms with E-state index in [0.717, 1.165) is 6.26 Å². The van der Waals surface area contributed by atoms with Gasteiger partial charge in [-0.05, 0) is 26.7 Å². The van der Waals surface area contributed by atoms with Gasteiger partial charge in [-0.2, -0.15) is 0 Å². The molecule has 0 aromatic heterocycles. The highest BCUT2D eigenvalue weighted by Crippen LogP contribution is 2.17. The zero-order valence-electron chi connectivity index (χ0n) is 11.7. The van der Waals surface area contributed by atoms with Crippen molar-refractivity contribution in [3.63, 3.8) is 0 Å². The molecule has 1 aliphatic heterocycles. The molecule has 0 aliphatic carbocycles. The highest BCUT2D eigenvalue weighted by atomic mass is 32.2.